The van der Waals surface area contributed by atoms with E-state index in [9.17, 15) is 0 Å². The van der Waals surface area contributed by atoms with Crippen LogP contribution < -0.4 is 10.6 Å². The highest BCUT2D eigenvalue weighted by Gasteiger charge is 2.20. The van der Waals surface area contributed by atoms with Gasteiger partial charge in [0, 0.05) is 19.3 Å². The van der Waals surface area contributed by atoms with E-state index in [2.05, 4.69) is 21.9 Å². The lowest BCUT2D eigenvalue weighted by Gasteiger charge is -2.25. The number of nitrogens with zero attached hydrogens (tertiary/aromatic N) is 3. The van der Waals surface area contributed by atoms with Crippen LogP contribution in [0.15, 0.2) is 12.3 Å². The van der Waals surface area contributed by atoms with E-state index in [1.165, 1.54) is 25.7 Å². The third-order valence-corrected chi connectivity index (χ3v) is 2.89. The smallest absolute Gasteiger partial charge is 0.221 e. The van der Waals surface area contributed by atoms with Gasteiger partial charge in [0.05, 0.1) is 0 Å². The van der Waals surface area contributed by atoms with E-state index < -0.39 is 0 Å². The second kappa shape index (κ2) is 3.82. The van der Waals surface area contributed by atoms with Crippen LogP contribution in [0.25, 0.3) is 0 Å². The molecule has 0 amide bonds. The first kappa shape index (κ1) is 9.24. The molecular weight excluding hydrogens is 176 g/mol. The Morgan fingerprint density at radius 3 is 2.79 bits per heavy atom. The van der Waals surface area contributed by atoms with E-state index in [4.69, 9.17) is 5.73 Å². The number of hydrogen-bond acceptors (Lipinski definition) is 4. The average Bonchev–Trinajstić information content (AvgIpc) is 2.69. The highest BCUT2D eigenvalue weighted by atomic mass is 15.2. The average molecular weight is 192 g/mol. The Kier molecular flexibility index (Phi) is 2.52. The van der Waals surface area contributed by atoms with Gasteiger partial charge in [-0.15, -0.1) is 0 Å². The number of nitrogens with two attached hydrogens (primary N) is 1. The van der Waals surface area contributed by atoms with E-state index in [0.717, 1.165) is 5.82 Å². The molecule has 1 aliphatic carbocycles. The molecule has 2 N–H and O–H groups in total. The highest BCUT2D eigenvalue weighted by molar-refractivity contribution is 5.41. The molecule has 0 bridgehead atoms. The zero-order chi connectivity index (χ0) is 9.97. The molecule has 0 spiro atoms. The Morgan fingerprint density at radius 2 is 2.14 bits per heavy atom. The van der Waals surface area contributed by atoms with E-state index in [1.54, 1.807) is 6.20 Å². The molecule has 14 heavy (non-hydrogen) atoms. The molecular formula is C10H16N4. The fourth-order valence-electron chi connectivity index (χ4n) is 2.04. The molecule has 1 fully saturated rings. The molecule has 1 aromatic rings. The van der Waals surface area contributed by atoms with Crippen LogP contribution in [0.5, 0.6) is 0 Å². The standard InChI is InChI=1S/C10H16N4/c1-14(8-4-2-3-5-8)9-6-7-12-10(11)13-9/h6-8H,2-5H2,1H3,(H2,11,12,13). The molecule has 4 nitrogen and oxygen atoms in total. The number of rotatable bonds is 2. The second-order valence-corrected chi connectivity index (χ2v) is 3.82. The first-order chi connectivity index (χ1) is 6.77. The van der Waals surface area contributed by atoms with Crippen molar-refractivity contribution < 1.29 is 0 Å². The summed E-state index contributed by atoms with van der Waals surface area (Å²) in [5.74, 6) is 1.29. The predicted octanol–water partition coefficient (Wildman–Crippen LogP) is 1.44. The molecule has 2 rings (SSSR count). The van der Waals surface area contributed by atoms with Crippen molar-refractivity contribution in [2.24, 2.45) is 0 Å². The highest BCUT2D eigenvalue weighted by Crippen LogP contribution is 2.25. The van der Waals surface area contributed by atoms with E-state index in [-0.39, 0.29) is 0 Å². The van der Waals surface area contributed by atoms with Gasteiger partial charge in [0.25, 0.3) is 0 Å². The van der Waals surface area contributed by atoms with Gasteiger partial charge in [-0.1, -0.05) is 12.8 Å². The molecule has 1 aliphatic rings. The van der Waals surface area contributed by atoms with Crippen LogP contribution in [-0.2, 0) is 0 Å². The van der Waals surface area contributed by atoms with Crippen LogP contribution in [0.1, 0.15) is 25.7 Å². The molecule has 4 heteroatoms. The van der Waals surface area contributed by atoms with Gasteiger partial charge >= 0.3 is 0 Å². The SMILES string of the molecule is CN(c1ccnc(N)n1)C1CCCC1. The summed E-state index contributed by atoms with van der Waals surface area (Å²) in [5.41, 5.74) is 5.55. The summed E-state index contributed by atoms with van der Waals surface area (Å²) in [6, 6.07) is 2.54. The molecule has 76 valence electrons. The summed E-state index contributed by atoms with van der Waals surface area (Å²) in [5, 5.41) is 0. The van der Waals surface area contributed by atoms with Crippen molar-refractivity contribution in [1.29, 1.82) is 0 Å². The minimum atomic E-state index is 0.354. The largest absolute Gasteiger partial charge is 0.368 e. The Bertz CT molecular complexity index is 307. The van der Waals surface area contributed by atoms with Gasteiger partial charge in [-0.25, -0.2) is 4.98 Å². The lowest BCUT2D eigenvalue weighted by molar-refractivity contribution is 0.646. The van der Waals surface area contributed by atoms with Gasteiger partial charge < -0.3 is 10.6 Å². The number of nitrogen functional groups attached to an aromatic ring is 1. The molecule has 1 aromatic heterocycles. The predicted molar refractivity (Wildman–Crippen MR) is 57.1 cm³/mol. The number of aromatic nitrogens is 2. The van der Waals surface area contributed by atoms with Gasteiger partial charge in [-0.3, -0.25) is 0 Å². The van der Waals surface area contributed by atoms with Crippen molar-refractivity contribution in [2.75, 3.05) is 17.7 Å². The fourth-order valence-corrected chi connectivity index (χ4v) is 2.04. The first-order valence-corrected chi connectivity index (χ1v) is 5.09. The summed E-state index contributed by atoms with van der Waals surface area (Å²) in [6.07, 6.45) is 6.90. The van der Waals surface area contributed by atoms with Crippen LogP contribution in [0.2, 0.25) is 0 Å². The molecule has 0 saturated heterocycles. The summed E-state index contributed by atoms with van der Waals surface area (Å²) in [7, 11) is 2.08. The van der Waals surface area contributed by atoms with Gasteiger partial charge in [0.15, 0.2) is 0 Å². The van der Waals surface area contributed by atoms with E-state index >= 15 is 0 Å². The quantitative estimate of drug-likeness (QED) is 0.770. The minimum absolute atomic E-state index is 0.354. The third-order valence-electron chi connectivity index (χ3n) is 2.89. The Balaban J connectivity index is 2.13. The monoisotopic (exact) mass is 192 g/mol. The summed E-state index contributed by atoms with van der Waals surface area (Å²) in [4.78, 5) is 10.3. The van der Waals surface area contributed by atoms with Crippen LogP contribution in [0, 0.1) is 0 Å². The van der Waals surface area contributed by atoms with Crippen LogP contribution in [0.3, 0.4) is 0 Å². The molecule has 0 unspecified atom stereocenters. The lowest BCUT2D eigenvalue weighted by Crippen LogP contribution is -2.29. The van der Waals surface area contributed by atoms with Gasteiger partial charge in [-0.05, 0) is 18.9 Å². The molecule has 0 atom stereocenters. The van der Waals surface area contributed by atoms with Crippen molar-refractivity contribution >= 4 is 11.8 Å². The minimum Gasteiger partial charge on any atom is -0.368 e. The maximum absolute atomic E-state index is 5.55. The molecule has 0 aliphatic heterocycles. The van der Waals surface area contributed by atoms with Crippen molar-refractivity contribution in [3.05, 3.63) is 12.3 Å². The Hall–Kier alpha value is -1.32. The Morgan fingerprint density at radius 1 is 1.43 bits per heavy atom. The zero-order valence-electron chi connectivity index (χ0n) is 8.48. The first-order valence-electron chi connectivity index (χ1n) is 5.09. The van der Waals surface area contributed by atoms with Crippen molar-refractivity contribution in [3.63, 3.8) is 0 Å². The Labute approximate surface area is 84.2 Å². The maximum atomic E-state index is 5.55. The van der Waals surface area contributed by atoms with Crippen LogP contribution in [-0.4, -0.2) is 23.1 Å². The van der Waals surface area contributed by atoms with E-state index in [0.29, 0.717) is 12.0 Å². The summed E-state index contributed by atoms with van der Waals surface area (Å²) in [6.45, 7) is 0. The number of anilines is 2. The van der Waals surface area contributed by atoms with Gasteiger partial charge in [0.2, 0.25) is 5.95 Å². The number of hydrogen-bond donors (Lipinski definition) is 1. The molecule has 0 aromatic carbocycles. The van der Waals surface area contributed by atoms with Crippen LogP contribution in [0.4, 0.5) is 11.8 Å². The van der Waals surface area contributed by atoms with Gasteiger partial charge in [0.1, 0.15) is 5.82 Å². The fraction of sp³-hybridized carbons (Fsp3) is 0.600. The molecule has 1 heterocycles. The third kappa shape index (κ3) is 1.78. The van der Waals surface area contributed by atoms with Crippen molar-refractivity contribution in [1.82, 2.24) is 9.97 Å². The second-order valence-electron chi connectivity index (χ2n) is 3.82. The lowest BCUT2D eigenvalue weighted by atomic mass is 10.2. The van der Waals surface area contributed by atoms with Crippen molar-refractivity contribution in [2.45, 2.75) is 31.7 Å². The zero-order valence-corrected chi connectivity index (χ0v) is 8.48. The van der Waals surface area contributed by atoms with Crippen LogP contribution >= 0.6 is 0 Å². The summed E-state index contributed by atoms with van der Waals surface area (Å²) >= 11 is 0. The van der Waals surface area contributed by atoms with E-state index in [1.807, 2.05) is 6.07 Å². The molecule has 0 radical (unpaired) electrons. The topological polar surface area (TPSA) is 55.0 Å². The maximum Gasteiger partial charge on any atom is 0.221 e. The van der Waals surface area contributed by atoms with Crippen molar-refractivity contribution in [3.8, 4) is 0 Å². The summed E-state index contributed by atoms with van der Waals surface area (Å²) < 4.78 is 0. The van der Waals surface area contributed by atoms with Gasteiger partial charge in [-0.2, -0.15) is 4.98 Å². The molecule has 1 saturated carbocycles. The normalized spacial score (nSPS) is 17.2.